The van der Waals surface area contributed by atoms with Crippen molar-refractivity contribution in [2.75, 3.05) is 6.54 Å². The van der Waals surface area contributed by atoms with Crippen LogP contribution in [0.3, 0.4) is 0 Å². The number of amides is 1. The number of benzene rings is 1. The minimum absolute atomic E-state index is 0.0821. The summed E-state index contributed by atoms with van der Waals surface area (Å²) in [6.45, 7) is -2.10. The molecule has 0 saturated heterocycles. The van der Waals surface area contributed by atoms with Crippen LogP contribution in [0.2, 0.25) is 0 Å². The van der Waals surface area contributed by atoms with Gasteiger partial charge < -0.3 is 15.8 Å². The summed E-state index contributed by atoms with van der Waals surface area (Å²) >= 11 is 0. The first-order valence-electron chi connectivity index (χ1n) is 5.62. The van der Waals surface area contributed by atoms with Crippen molar-refractivity contribution in [3.05, 3.63) is 29.8 Å². The molecular formula is C12H16F2N2O2. The SMILES string of the molecule is NCCCC(=O)NCc1cccc(OC(F)F)c1. The number of carbonyl (C=O) groups excluding carboxylic acids is 1. The molecule has 0 radical (unpaired) electrons. The molecule has 6 heteroatoms. The van der Waals surface area contributed by atoms with Gasteiger partial charge in [0.25, 0.3) is 0 Å². The molecule has 0 fully saturated rings. The summed E-state index contributed by atoms with van der Waals surface area (Å²) in [5.41, 5.74) is 5.99. The van der Waals surface area contributed by atoms with Gasteiger partial charge in [-0.05, 0) is 30.7 Å². The third-order valence-electron chi connectivity index (χ3n) is 2.22. The molecule has 0 atom stereocenters. The van der Waals surface area contributed by atoms with Crippen LogP contribution in [0.1, 0.15) is 18.4 Å². The Bertz CT molecular complexity index is 386. The zero-order valence-corrected chi connectivity index (χ0v) is 9.86. The van der Waals surface area contributed by atoms with Crippen molar-refractivity contribution in [2.45, 2.75) is 26.0 Å². The summed E-state index contributed by atoms with van der Waals surface area (Å²) in [6, 6.07) is 6.22. The van der Waals surface area contributed by atoms with Crippen molar-refractivity contribution < 1.29 is 18.3 Å². The number of alkyl halides is 2. The van der Waals surface area contributed by atoms with Crippen molar-refractivity contribution >= 4 is 5.91 Å². The summed E-state index contributed by atoms with van der Waals surface area (Å²) in [4.78, 5) is 11.3. The first-order chi connectivity index (χ1) is 8.61. The molecule has 0 bridgehead atoms. The van der Waals surface area contributed by atoms with E-state index in [2.05, 4.69) is 10.1 Å². The summed E-state index contributed by atoms with van der Waals surface area (Å²) in [6.07, 6.45) is 0.990. The van der Waals surface area contributed by atoms with Crippen LogP contribution in [-0.2, 0) is 11.3 Å². The summed E-state index contributed by atoms with van der Waals surface area (Å²) in [5.74, 6) is -0.0284. The Balaban J connectivity index is 2.44. The van der Waals surface area contributed by atoms with Crippen molar-refractivity contribution in [3.63, 3.8) is 0 Å². The highest BCUT2D eigenvalue weighted by atomic mass is 19.3. The quantitative estimate of drug-likeness (QED) is 0.781. The molecular weight excluding hydrogens is 242 g/mol. The van der Waals surface area contributed by atoms with Crippen molar-refractivity contribution in [3.8, 4) is 5.75 Å². The predicted octanol–water partition coefficient (Wildman–Crippen LogP) is 1.64. The number of nitrogens with two attached hydrogens (primary N) is 1. The van der Waals surface area contributed by atoms with Gasteiger partial charge in [0.05, 0.1) is 0 Å². The lowest BCUT2D eigenvalue weighted by Crippen LogP contribution is -2.23. The number of rotatable bonds is 7. The molecule has 1 aromatic rings. The second kappa shape index (κ2) is 7.60. The fourth-order valence-electron chi connectivity index (χ4n) is 1.38. The van der Waals surface area contributed by atoms with E-state index in [1.807, 2.05) is 0 Å². The fraction of sp³-hybridized carbons (Fsp3) is 0.417. The topological polar surface area (TPSA) is 64.4 Å². The Morgan fingerprint density at radius 3 is 2.89 bits per heavy atom. The van der Waals surface area contributed by atoms with Gasteiger partial charge in [-0.15, -0.1) is 0 Å². The molecule has 0 spiro atoms. The van der Waals surface area contributed by atoms with Crippen LogP contribution in [-0.4, -0.2) is 19.1 Å². The van der Waals surface area contributed by atoms with E-state index >= 15 is 0 Å². The molecule has 18 heavy (non-hydrogen) atoms. The molecule has 3 N–H and O–H groups in total. The van der Waals surface area contributed by atoms with E-state index in [4.69, 9.17) is 5.73 Å². The van der Waals surface area contributed by atoms with Gasteiger partial charge in [-0.3, -0.25) is 4.79 Å². The van der Waals surface area contributed by atoms with Crippen LogP contribution in [0.15, 0.2) is 24.3 Å². The smallest absolute Gasteiger partial charge is 0.387 e. The van der Waals surface area contributed by atoms with Crippen LogP contribution in [0.5, 0.6) is 5.75 Å². The first kappa shape index (κ1) is 14.4. The molecule has 0 heterocycles. The Hall–Kier alpha value is -1.69. The molecule has 100 valence electrons. The van der Waals surface area contributed by atoms with Gasteiger partial charge in [-0.1, -0.05) is 12.1 Å². The second-order valence-electron chi connectivity index (χ2n) is 3.69. The lowest BCUT2D eigenvalue weighted by molar-refractivity contribution is -0.121. The average molecular weight is 258 g/mol. The van der Waals surface area contributed by atoms with E-state index in [0.717, 1.165) is 0 Å². The largest absolute Gasteiger partial charge is 0.435 e. The van der Waals surface area contributed by atoms with Gasteiger partial charge in [0, 0.05) is 13.0 Å². The Kier molecular flexibility index (Phi) is 6.07. The van der Waals surface area contributed by atoms with Crippen molar-refractivity contribution in [1.82, 2.24) is 5.32 Å². The van der Waals surface area contributed by atoms with Crippen molar-refractivity contribution in [1.29, 1.82) is 0 Å². The van der Waals surface area contributed by atoms with Crippen LogP contribution >= 0.6 is 0 Å². The Labute approximate surface area is 104 Å². The van der Waals surface area contributed by atoms with Crippen LogP contribution in [0.25, 0.3) is 0 Å². The lowest BCUT2D eigenvalue weighted by atomic mass is 10.2. The number of nitrogens with one attached hydrogen (secondary N) is 1. The van der Waals surface area contributed by atoms with Gasteiger partial charge in [0.1, 0.15) is 5.75 Å². The van der Waals surface area contributed by atoms with Gasteiger partial charge >= 0.3 is 6.61 Å². The minimum atomic E-state index is -2.85. The van der Waals surface area contributed by atoms with E-state index in [0.29, 0.717) is 24.9 Å². The molecule has 1 aromatic carbocycles. The minimum Gasteiger partial charge on any atom is -0.435 e. The number of carbonyl (C=O) groups is 1. The molecule has 4 nitrogen and oxygen atoms in total. The zero-order chi connectivity index (χ0) is 13.4. The second-order valence-corrected chi connectivity index (χ2v) is 3.69. The maximum absolute atomic E-state index is 12.0. The molecule has 0 unspecified atom stereocenters. The van der Waals surface area contributed by atoms with Gasteiger partial charge in [-0.25, -0.2) is 0 Å². The molecule has 0 aliphatic heterocycles. The number of ether oxygens (including phenoxy) is 1. The lowest BCUT2D eigenvalue weighted by Gasteiger charge is -2.08. The molecule has 0 aromatic heterocycles. The average Bonchev–Trinajstić information content (AvgIpc) is 2.33. The highest BCUT2D eigenvalue weighted by molar-refractivity contribution is 5.75. The molecule has 0 saturated carbocycles. The number of hydrogen-bond acceptors (Lipinski definition) is 3. The third-order valence-corrected chi connectivity index (χ3v) is 2.22. The van der Waals surface area contributed by atoms with E-state index in [-0.39, 0.29) is 18.2 Å². The Morgan fingerprint density at radius 2 is 2.22 bits per heavy atom. The molecule has 1 rings (SSSR count). The van der Waals surface area contributed by atoms with E-state index in [9.17, 15) is 13.6 Å². The van der Waals surface area contributed by atoms with Gasteiger partial charge in [0.2, 0.25) is 5.91 Å². The van der Waals surface area contributed by atoms with Crippen LogP contribution in [0.4, 0.5) is 8.78 Å². The monoisotopic (exact) mass is 258 g/mol. The van der Waals surface area contributed by atoms with Crippen molar-refractivity contribution in [2.24, 2.45) is 5.73 Å². The normalized spacial score (nSPS) is 10.4. The Morgan fingerprint density at radius 1 is 1.44 bits per heavy atom. The highest BCUT2D eigenvalue weighted by Gasteiger charge is 2.05. The number of halogens is 2. The predicted molar refractivity (Wildman–Crippen MR) is 63.2 cm³/mol. The van der Waals surface area contributed by atoms with E-state index in [1.54, 1.807) is 12.1 Å². The van der Waals surface area contributed by atoms with E-state index < -0.39 is 6.61 Å². The molecule has 0 aliphatic rings. The standard InChI is InChI=1S/C12H16F2N2O2/c13-12(14)18-10-4-1-3-9(7-10)8-16-11(17)5-2-6-15/h1,3-4,7,12H,2,5-6,8,15H2,(H,16,17). The fourth-order valence-corrected chi connectivity index (χ4v) is 1.38. The summed E-state index contributed by atoms with van der Waals surface area (Å²) in [5, 5.41) is 2.68. The first-order valence-corrected chi connectivity index (χ1v) is 5.62. The molecule has 1 amide bonds. The van der Waals surface area contributed by atoms with Gasteiger partial charge in [-0.2, -0.15) is 8.78 Å². The third kappa shape index (κ3) is 5.58. The summed E-state index contributed by atoms with van der Waals surface area (Å²) < 4.78 is 28.3. The van der Waals surface area contributed by atoms with Gasteiger partial charge in [0.15, 0.2) is 0 Å². The van der Waals surface area contributed by atoms with Crippen LogP contribution in [0, 0.1) is 0 Å². The molecule has 0 aliphatic carbocycles. The maximum atomic E-state index is 12.0. The number of hydrogen-bond donors (Lipinski definition) is 2. The zero-order valence-electron chi connectivity index (χ0n) is 9.86. The van der Waals surface area contributed by atoms with Crippen LogP contribution < -0.4 is 15.8 Å². The maximum Gasteiger partial charge on any atom is 0.387 e. The highest BCUT2D eigenvalue weighted by Crippen LogP contribution is 2.15. The van der Waals surface area contributed by atoms with E-state index in [1.165, 1.54) is 12.1 Å². The summed E-state index contributed by atoms with van der Waals surface area (Å²) in [7, 11) is 0.